The summed E-state index contributed by atoms with van der Waals surface area (Å²) in [7, 11) is 0. The molecule has 5 unspecified atom stereocenters. The van der Waals surface area contributed by atoms with Gasteiger partial charge in [0.05, 0.1) is 0 Å². The first kappa shape index (κ1) is 12.9. The van der Waals surface area contributed by atoms with Crippen LogP contribution in [0.5, 0.6) is 0 Å². The van der Waals surface area contributed by atoms with Crippen molar-refractivity contribution >= 4 is 0 Å². The summed E-state index contributed by atoms with van der Waals surface area (Å²) in [4.78, 5) is 0. The summed E-state index contributed by atoms with van der Waals surface area (Å²) in [5.74, 6) is 3.55. The van der Waals surface area contributed by atoms with Gasteiger partial charge < -0.3 is 11.5 Å². The van der Waals surface area contributed by atoms with Crippen molar-refractivity contribution in [2.75, 3.05) is 0 Å². The number of nitrogens with two attached hydrogens (primary N) is 2. The van der Waals surface area contributed by atoms with Crippen molar-refractivity contribution in [3.05, 3.63) is 0 Å². The van der Waals surface area contributed by atoms with E-state index in [-0.39, 0.29) is 0 Å². The molecule has 4 fully saturated rings. The summed E-state index contributed by atoms with van der Waals surface area (Å²) in [6, 6.07) is 0.765. The van der Waals surface area contributed by atoms with Crippen LogP contribution in [0, 0.1) is 29.1 Å². The van der Waals surface area contributed by atoms with Crippen molar-refractivity contribution in [3.63, 3.8) is 0 Å². The highest BCUT2D eigenvalue weighted by atomic mass is 14.8. The zero-order valence-corrected chi connectivity index (χ0v) is 12.1. The van der Waals surface area contributed by atoms with Gasteiger partial charge in [-0.15, -0.1) is 0 Å². The third-order valence-electron chi connectivity index (χ3n) is 6.56. The van der Waals surface area contributed by atoms with E-state index in [1.807, 2.05) is 0 Å². The lowest BCUT2D eigenvalue weighted by Gasteiger charge is -2.64. The van der Waals surface area contributed by atoms with Crippen LogP contribution in [0.3, 0.4) is 0 Å². The summed E-state index contributed by atoms with van der Waals surface area (Å²) in [5, 5.41) is 0. The van der Waals surface area contributed by atoms with Gasteiger partial charge in [-0.3, -0.25) is 0 Å². The van der Waals surface area contributed by atoms with E-state index in [1.54, 1.807) is 0 Å². The van der Waals surface area contributed by atoms with E-state index in [0.717, 1.165) is 30.6 Å². The van der Waals surface area contributed by atoms with Gasteiger partial charge in [-0.05, 0) is 74.0 Å². The lowest BCUT2D eigenvalue weighted by Crippen LogP contribution is -2.63. The van der Waals surface area contributed by atoms with Crippen molar-refractivity contribution in [3.8, 4) is 0 Å². The predicted molar refractivity (Wildman–Crippen MR) is 76.0 cm³/mol. The molecule has 0 aliphatic heterocycles. The van der Waals surface area contributed by atoms with E-state index in [1.165, 1.54) is 32.1 Å². The molecule has 2 nitrogen and oxygen atoms in total. The largest absolute Gasteiger partial charge is 0.327 e. The topological polar surface area (TPSA) is 52.0 Å². The Hall–Kier alpha value is -0.0800. The van der Waals surface area contributed by atoms with Crippen LogP contribution in [0.15, 0.2) is 0 Å². The van der Waals surface area contributed by atoms with Crippen molar-refractivity contribution in [2.24, 2.45) is 40.6 Å². The van der Waals surface area contributed by atoms with Crippen LogP contribution in [-0.4, -0.2) is 12.1 Å². The maximum atomic E-state index is 6.60. The molecule has 0 amide bonds. The van der Waals surface area contributed by atoms with Crippen molar-refractivity contribution in [1.29, 1.82) is 0 Å². The summed E-state index contributed by atoms with van der Waals surface area (Å²) < 4.78 is 0. The van der Waals surface area contributed by atoms with Crippen LogP contribution in [0.25, 0.3) is 0 Å². The molecule has 0 heterocycles. The molecule has 4 saturated carbocycles. The number of rotatable bonds is 4. The molecule has 4 aliphatic rings. The highest BCUT2D eigenvalue weighted by Gasteiger charge is 2.59. The maximum absolute atomic E-state index is 6.60. The van der Waals surface area contributed by atoms with E-state index in [0.29, 0.717) is 23.4 Å². The zero-order chi connectivity index (χ0) is 12.9. The van der Waals surface area contributed by atoms with E-state index < -0.39 is 0 Å². The average Bonchev–Trinajstić information content (AvgIpc) is 2.36. The van der Waals surface area contributed by atoms with Crippen molar-refractivity contribution < 1.29 is 0 Å². The minimum absolute atomic E-state index is 0.382. The van der Waals surface area contributed by atoms with Crippen LogP contribution in [0.4, 0.5) is 0 Å². The Morgan fingerprint density at radius 1 is 1.00 bits per heavy atom. The zero-order valence-electron chi connectivity index (χ0n) is 12.1. The van der Waals surface area contributed by atoms with E-state index in [9.17, 15) is 0 Å². The summed E-state index contributed by atoms with van der Waals surface area (Å²) in [5.41, 5.74) is 13.5. The molecule has 18 heavy (non-hydrogen) atoms. The molecular weight excluding hydrogens is 220 g/mol. The number of hydrogen-bond acceptors (Lipinski definition) is 2. The molecule has 0 aromatic rings. The van der Waals surface area contributed by atoms with Gasteiger partial charge in [0.25, 0.3) is 0 Å². The SMILES string of the molecule is CCC(N)C1C2CC3CC(C2)CC1(C(N)CC)C3. The van der Waals surface area contributed by atoms with Crippen LogP contribution in [0.2, 0.25) is 0 Å². The molecule has 4 bridgehead atoms. The fraction of sp³-hybridized carbons (Fsp3) is 1.00. The molecular formula is C16H30N2. The minimum atomic E-state index is 0.382. The molecule has 2 heteroatoms. The van der Waals surface area contributed by atoms with Gasteiger partial charge in [0.15, 0.2) is 0 Å². The Kier molecular flexibility index (Phi) is 3.22. The first-order chi connectivity index (χ1) is 8.60. The monoisotopic (exact) mass is 250 g/mol. The van der Waals surface area contributed by atoms with Crippen LogP contribution in [-0.2, 0) is 0 Å². The van der Waals surface area contributed by atoms with Crippen LogP contribution < -0.4 is 11.5 Å². The molecule has 0 radical (unpaired) electrons. The Labute approximate surface area is 112 Å². The first-order valence-electron chi connectivity index (χ1n) is 8.11. The van der Waals surface area contributed by atoms with E-state index in [2.05, 4.69) is 13.8 Å². The lowest BCUT2D eigenvalue weighted by molar-refractivity contribution is -0.131. The van der Waals surface area contributed by atoms with Crippen molar-refractivity contribution in [1.82, 2.24) is 0 Å². The van der Waals surface area contributed by atoms with Gasteiger partial charge in [0, 0.05) is 12.1 Å². The molecule has 4 aliphatic carbocycles. The van der Waals surface area contributed by atoms with Gasteiger partial charge in [-0.1, -0.05) is 13.8 Å². The predicted octanol–water partition coefficient (Wildman–Crippen LogP) is 2.90. The third kappa shape index (κ3) is 1.68. The standard InChI is InChI=1S/C16H30N2/c1-3-13(17)15-12-6-10-5-11(7-12)9-16(15,8-10)14(18)4-2/h10-15H,3-9,17-18H2,1-2H3. The van der Waals surface area contributed by atoms with Gasteiger partial charge in [0.2, 0.25) is 0 Å². The average molecular weight is 250 g/mol. The molecule has 5 atom stereocenters. The lowest BCUT2D eigenvalue weighted by atomic mass is 9.42. The number of hydrogen-bond donors (Lipinski definition) is 2. The second kappa shape index (κ2) is 4.49. The van der Waals surface area contributed by atoms with Gasteiger partial charge in [-0.25, -0.2) is 0 Å². The second-order valence-electron chi connectivity index (χ2n) is 7.45. The third-order valence-corrected chi connectivity index (χ3v) is 6.56. The Morgan fingerprint density at radius 2 is 1.61 bits per heavy atom. The normalized spacial score (nSPS) is 49.3. The van der Waals surface area contributed by atoms with Gasteiger partial charge in [-0.2, -0.15) is 0 Å². The van der Waals surface area contributed by atoms with E-state index in [4.69, 9.17) is 11.5 Å². The van der Waals surface area contributed by atoms with Crippen molar-refractivity contribution in [2.45, 2.75) is 70.9 Å². The quantitative estimate of drug-likeness (QED) is 0.806. The molecule has 0 saturated heterocycles. The summed E-state index contributed by atoms with van der Waals surface area (Å²) >= 11 is 0. The Morgan fingerprint density at radius 3 is 2.11 bits per heavy atom. The van der Waals surface area contributed by atoms with Gasteiger partial charge >= 0.3 is 0 Å². The summed E-state index contributed by atoms with van der Waals surface area (Å²) in [6.45, 7) is 4.51. The smallest absolute Gasteiger partial charge is 0.00964 e. The molecule has 0 spiro atoms. The highest BCUT2D eigenvalue weighted by Crippen LogP contribution is 2.64. The van der Waals surface area contributed by atoms with Crippen LogP contribution >= 0.6 is 0 Å². The van der Waals surface area contributed by atoms with E-state index >= 15 is 0 Å². The first-order valence-corrected chi connectivity index (χ1v) is 8.11. The highest BCUT2D eigenvalue weighted by molar-refractivity contribution is 5.11. The van der Waals surface area contributed by atoms with Gasteiger partial charge in [0.1, 0.15) is 0 Å². The molecule has 104 valence electrons. The molecule has 0 aromatic heterocycles. The molecule has 4 rings (SSSR count). The maximum Gasteiger partial charge on any atom is 0.00964 e. The molecule has 4 N–H and O–H groups in total. The minimum Gasteiger partial charge on any atom is -0.327 e. The second-order valence-corrected chi connectivity index (χ2v) is 7.45. The fourth-order valence-electron chi connectivity index (χ4n) is 6.13. The Bertz CT molecular complexity index is 300. The molecule has 0 aromatic carbocycles. The Balaban J connectivity index is 1.95. The summed E-state index contributed by atoms with van der Waals surface area (Å²) in [6.07, 6.45) is 9.40. The fourth-order valence-corrected chi connectivity index (χ4v) is 6.13. The van der Waals surface area contributed by atoms with Crippen LogP contribution in [0.1, 0.15) is 58.8 Å².